The number of anilines is 1. The fourth-order valence-electron chi connectivity index (χ4n) is 4.33. The first kappa shape index (κ1) is 14.2. The molecule has 2 bridgehead atoms. The number of hydrogen-bond acceptors (Lipinski definition) is 2. The number of nitrogens with one attached hydrogen (secondary N) is 1. The average Bonchev–Trinajstić information content (AvgIpc) is 3.30. The first-order valence-electron chi connectivity index (χ1n) is 7.54. The lowest BCUT2D eigenvalue weighted by molar-refractivity contribution is -0.152. The number of carboxylic acid groups (broad SMARTS) is 1. The number of allylic oxidation sites excluding steroid dienone is 2. The Morgan fingerprint density at radius 2 is 1.64 bits per heavy atom. The topological polar surface area (TPSA) is 66.4 Å². The minimum Gasteiger partial charge on any atom is -0.481 e. The molecule has 0 heterocycles. The summed E-state index contributed by atoms with van der Waals surface area (Å²) in [6.45, 7) is 0. The molecule has 0 unspecified atom stereocenters. The van der Waals surface area contributed by atoms with E-state index < -0.39 is 17.8 Å². The van der Waals surface area contributed by atoms with Gasteiger partial charge >= 0.3 is 5.97 Å². The molecule has 1 aromatic rings. The van der Waals surface area contributed by atoms with Gasteiger partial charge in [0.1, 0.15) is 0 Å². The highest BCUT2D eigenvalue weighted by molar-refractivity contribution is 14.1. The lowest BCUT2D eigenvalue weighted by Crippen LogP contribution is -2.48. The Bertz CT molecular complexity index is 669. The van der Waals surface area contributed by atoms with Gasteiger partial charge in [-0.2, -0.15) is 0 Å². The minimum absolute atomic E-state index is 0.0278. The van der Waals surface area contributed by atoms with Crippen LogP contribution in [0.1, 0.15) is 6.42 Å². The highest BCUT2D eigenvalue weighted by Crippen LogP contribution is 2.63. The molecule has 0 aromatic heterocycles. The number of amides is 1. The van der Waals surface area contributed by atoms with Crippen molar-refractivity contribution < 1.29 is 14.7 Å². The first-order valence-corrected chi connectivity index (χ1v) is 8.61. The van der Waals surface area contributed by atoms with Gasteiger partial charge in [-0.3, -0.25) is 9.59 Å². The monoisotopic (exact) mass is 409 g/mol. The van der Waals surface area contributed by atoms with Crippen molar-refractivity contribution in [3.05, 3.63) is 40.0 Å². The van der Waals surface area contributed by atoms with Crippen LogP contribution in [0.15, 0.2) is 36.4 Å². The molecule has 6 atom stereocenters. The number of carboxylic acids is 1. The lowest BCUT2D eigenvalue weighted by Gasteiger charge is -2.41. The van der Waals surface area contributed by atoms with Crippen molar-refractivity contribution in [2.24, 2.45) is 35.5 Å². The third kappa shape index (κ3) is 2.17. The number of fused-ring (bicyclic) bond motifs is 1. The maximum atomic E-state index is 12.7. The van der Waals surface area contributed by atoms with Gasteiger partial charge in [0.15, 0.2) is 0 Å². The number of halogens is 1. The Labute approximate surface area is 142 Å². The zero-order valence-electron chi connectivity index (χ0n) is 11.8. The number of carbonyl (C=O) groups is 2. The summed E-state index contributed by atoms with van der Waals surface area (Å²) < 4.78 is 1.10. The second-order valence-electron chi connectivity index (χ2n) is 6.49. The van der Waals surface area contributed by atoms with Gasteiger partial charge in [0, 0.05) is 9.26 Å². The summed E-state index contributed by atoms with van der Waals surface area (Å²) >= 11 is 2.21. The molecule has 2 N–H and O–H groups in total. The van der Waals surface area contributed by atoms with Crippen LogP contribution in [-0.4, -0.2) is 17.0 Å². The SMILES string of the molecule is O=C(O)[C@@H]1[C@H]2C=C[C@@H]([C@@H]3C[C@H]23)[C@H]1C(=O)Nc1ccc(I)cc1. The van der Waals surface area contributed by atoms with E-state index in [0.29, 0.717) is 11.8 Å². The maximum Gasteiger partial charge on any atom is 0.307 e. The highest BCUT2D eigenvalue weighted by Gasteiger charge is 2.62. The molecule has 114 valence electrons. The zero-order valence-corrected chi connectivity index (χ0v) is 13.9. The predicted molar refractivity (Wildman–Crippen MR) is 90.1 cm³/mol. The fourth-order valence-corrected chi connectivity index (χ4v) is 4.69. The number of hydrogen-bond donors (Lipinski definition) is 2. The van der Waals surface area contributed by atoms with Crippen LogP contribution in [0.25, 0.3) is 0 Å². The fraction of sp³-hybridized carbons (Fsp3) is 0.412. The maximum absolute atomic E-state index is 12.7. The Morgan fingerprint density at radius 3 is 2.23 bits per heavy atom. The second kappa shape index (κ2) is 5.08. The molecule has 4 aliphatic carbocycles. The lowest BCUT2D eigenvalue weighted by atomic mass is 9.62. The molecule has 0 spiro atoms. The highest BCUT2D eigenvalue weighted by atomic mass is 127. The van der Waals surface area contributed by atoms with Gasteiger partial charge in [0.2, 0.25) is 5.91 Å². The van der Waals surface area contributed by atoms with Crippen LogP contribution in [0, 0.1) is 39.1 Å². The van der Waals surface area contributed by atoms with Crippen molar-refractivity contribution in [2.45, 2.75) is 6.42 Å². The Morgan fingerprint density at radius 1 is 1.05 bits per heavy atom. The van der Waals surface area contributed by atoms with Crippen LogP contribution in [0.4, 0.5) is 5.69 Å². The molecule has 2 fully saturated rings. The Kier molecular flexibility index (Phi) is 3.29. The van der Waals surface area contributed by atoms with Crippen LogP contribution < -0.4 is 5.32 Å². The quantitative estimate of drug-likeness (QED) is 0.596. The number of rotatable bonds is 3. The van der Waals surface area contributed by atoms with Gasteiger partial charge in [0.25, 0.3) is 0 Å². The summed E-state index contributed by atoms with van der Waals surface area (Å²) in [6, 6.07) is 7.56. The van der Waals surface area contributed by atoms with Crippen LogP contribution in [-0.2, 0) is 9.59 Å². The van der Waals surface area contributed by atoms with Crippen LogP contribution >= 0.6 is 22.6 Å². The molecule has 5 rings (SSSR count). The molecule has 4 aliphatic rings. The Balaban J connectivity index is 1.60. The van der Waals surface area contributed by atoms with Gasteiger partial charge < -0.3 is 10.4 Å². The van der Waals surface area contributed by atoms with Crippen molar-refractivity contribution in [1.29, 1.82) is 0 Å². The molecule has 0 saturated heterocycles. The zero-order chi connectivity index (χ0) is 15.4. The largest absolute Gasteiger partial charge is 0.481 e. The summed E-state index contributed by atoms with van der Waals surface area (Å²) in [4.78, 5) is 24.4. The smallest absolute Gasteiger partial charge is 0.307 e. The molecule has 22 heavy (non-hydrogen) atoms. The summed E-state index contributed by atoms with van der Waals surface area (Å²) in [5.41, 5.74) is 0.729. The van der Waals surface area contributed by atoms with Crippen LogP contribution in [0.2, 0.25) is 0 Å². The molecular weight excluding hydrogens is 393 g/mol. The molecular formula is C17H16INO3. The first-order chi connectivity index (χ1) is 10.6. The minimum atomic E-state index is -0.840. The van der Waals surface area contributed by atoms with Gasteiger partial charge in [-0.05, 0) is 76.9 Å². The van der Waals surface area contributed by atoms with E-state index in [0.717, 1.165) is 15.7 Å². The van der Waals surface area contributed by atoms with E-state index in [9.17, 15) is 14.7 Å². The van der Waals surface area contributed by atoms with E-state index >= 15 is 0 Å². The molecule has 4 nitrogen and oxygen atoms in total. The van der Waals surface area contributed by atoms with Crippen molar-refractivity contribution in [3.8, 4) is 0 Å². The van der Waals surface area contributed by atoms with E-state index in [1.807, 2.05) is 30.3 Å². The molecule has 2 saturated carbocycles. The van der Waals surface area contributed by atoms with Gasteiger partial charge in [-0.25, -0.2) is 0 Å². The number of aliphatic carboxylic acids is 1. The summed E-state index contributed by atoms with van der Waals surface area (Å²) in [5, 5.41) is 12.5. The standard InChI is InChI=1S/C17H16INO3/c18-8-1-3-9(4-2-8)19-16(20)14-10-5-6-11(13-7-12(10)13)15(14)17(21)22/h1-6,10-15H,7H2,(H,19,20)(H,21,22)/t10-,11-,12-,13+,14+,15+/m0/s1. The summed E-state index contributed by atoms with van der Waals surface area (Å²) in [7, 11) is 0. The molecule has 0 aliphatic heterocycles. The molecule has 1 aromatic carbocycles. The van der Waals surface area contributed by atoms with E-state index in [1.165, 1.54) is 0 Å². The van der Waals surface area contributed by atoms with Crippen LogP contribution in [0.3, 0.4) is 0 Å². The van der Waals surface area contributed by atoms with Gasteiger partial charge in [-0.15, -0.1) is 0 Å². The average molecular weight is 409 g/mol. The van der Waals surface area contributed by atoms with Crippen molar-refractivity contribution in [2.75, 3.05) is 5.32 Å². The Hall–Kier alpha value is -1.37. The van der Waals surface area contributed by atoms with Crippen molar-refractivity contribution >= 4 is 40.2 Å². The van der Waals surface area contributed by atoms with E-state index in [2.05, 4.69) is 34.0 Å². The summed E-state index contributed by atoms with van der Waals surface area (Å²) in [6.07, 6.45) is 5.18. The van der Waals surface area contributed by atoms with Crippen LogP contribution in [0.5, 0.6) is 0 Å². The van der Waals surface area contributed by atoms with Crippen molar-refractivity contribution in [1.82, 2.24) is 0 Å². The number of carbonyl (C=O) groups excluding carboxylic acids is 1. The third-order valence-corrected chi connectivity index (χ3v) is 6.07. The molecule has 5 heteroatoms. The summed E-state index contributed by atoms with van der Waals surface area (Å²) in [5.74, 6) is -0.916. The third-order valence-electron chi connectivity index (χ3n) is 5.35. The second-order valence-corrected chi connectivity index (χ2v) is 7.73. The van der Waals surface area contributed by atoms with Crippen molar-refractivity contribution in [3.63, 3.8) is 0 Å². The van der Waals surface area contributed by atoms with E-state index in [4.69, 9.17) is 0 Å². The van der Waals surface area contributed by atoms with Gasteiger partial charge in [-0.1, -0.05) is 12.2 Å². The normalized spacial score (nSPS) is 37.5. The van der Waals surface area contributed by atoms with Gasteiger partial charge in [0.05, 0.1) is 11.8 Å². The predicted octanol–water partition coefficient (Wildman–Crippen LogP) is 3.00. The molecule has 0 radical (unpaired) electrons. The van der Waals surface area contributed by atoms with E-state index in [-0.39, 0.29) is 17.7 Å². The molecule has 1 amide bonds. The van der Waals surface area contributed by atoms with E-state index in [1.54, 1.807) is 0 Å². The number of benzene rings is 1.